The van der Waals surface area contributed by atoms with Crippen molar-refractivity contribution >= 4 is 0 Å². The highest BCUT2D eigenvalue weighted by Crippen LogP contribution is 2.15. The standard InChI is InChI=1S/C9H17NO2/c1-7-3-10(4-8(2)12-7)5-9-6-11-9/h7-9H,3-6H2,1-2H3/t7-,8+,9?. The summed E-state index contributed by atoms with van der Waals surface area (Å²) < 4.78 is 10.8. The van der Waals surface area contributed by atoms with Crippen molar-refractivity contribution in [1.82, 2.24) is 4.90 Å². The van der Waals surface area contributed by atoms with Crippen LogP contribution in [0.5, 0.6) is 0 Å². The third-order valence-electron chi connectivity index (χ3n) is 2.36. The fraction of sp³-hybridized carbons (Fsp3) is 1.00. The van der Waals surface area contributed by atoms with Crippen LogP contribution in [0.15, 0.2) is 0 Å². The Kier molecular flexibility index (Phi) is 2.35. The van der Waals surface area contributed by atoms with Crippen molar-refractivity contribution in [3.63, 3.8) is 0 Å². The van der Waals surface area contributed by atoms with Gasteiger partial charge in [0.2, 0.25) is 0 Å². The average molecular weight is 171 g/mol. The van der Waals surface area contributed by atoms with E-state index in [0.29, 0.717) is 18.3 Å². The molecule has 1 unspecified atom stereocenters. The normalized spacial score (nSPS) is 43.0. The first kappa shape index (κ1) is 8.48. The van der Waals surface area contributed by atoms with E-state index in [-0.39, 0.29) is 0 Å². The summed E-state index contributed by atoms with van der Waals surface area (Å²) in [5.41, 5.74) is 0. The molecule has 3 nitrogen and oxygen atoms in total. The Morgan fingerprint density at radius 2 is 1.83 bits per heavy atom. The summed E-state index contributed by atoms with van der Waals surface area (Å²) in [5, 5.41) is 0. The first-order valence-electron chi connectivity index (χ1n) is 4.73. The van der Waals surface area contributed by atoms with Crippen molar-refractivity contribution in [2.75, 3.05) is 26.2 Å². The van der Waals surface area contributed by atoms with Crippen molar-refractivity contribution in [3.8, 4) is 0 Å². The van der Waals surface area contributed by atoms with Gasteiger partial charge in [-0.3, -0.25) is 4.90 Å². The molecule has 2 heterocycles. The molecule has 2 rings (SSSR count). The number of rotatable bonds is 2. The van der Waals surface area contributed by atoms with Crippen molar-refractivity contribution < 1.29 is 9.47 Å². The van der Waals surface area contributed by atoms with Crippen LogP contribution in [-0.4, -0.2) is 49.5 Å². The van der Waals surface area contributed by atoms with Gasteiger partial charge in [-0.05, 0) is 13.8 Å². The lowest BCUT2D eigenvalue weighted by Gasteiger charge is -2.34. The maximum Gasteiger partial charge on any atom is 0.0936 e. The minimum absolute atomic E-state index is 0.382. The molecule has 2 aliphatic heterocycles. The summed E-state index contributed by atoms with van der Waals surface area (Å²) in [6.07, 6.45) is 1.28. The zero-order valence-corrected chi connectivity index (χ0v) is 7.82. The molecule has 0 radical (unpaired) electrons. The zero-order chi connectivity index (χ0) is 8.55. The molecule has 70 valence electrons. The lowest BCUT2D eigenvalue weighted by molar-refractivity contribution is -0.0690. The Balaban J connectivity index is 1.79. The fourth-order valence-corrected chi connectivity index (χ4v) is 1.89. The summed E-state index contributed by atoms with van der Waals surface area (Å²) in [5.74, 6) is 0. The lowest BCUT2D eigenvalue weighted by Crippen LogP contribution is -2.46. The molecule has 0 saturated carbocycles. The summed E-state index contributed by atoms with van der Waals surface area (Å²) in [7, 11) is 0. The maximum atomic E-state index is 5.64. The predicted octanol–water partition coefficient (Wildman–Crippen LogP) is 0.494. The van der Waals surface area contributed by atoms with E-state index in [4.69, 9.17) is 9.47 Å². The third-order valence-corrected chi connectivity index (χ3v) is 2.36. The average Bonchev–Trinajstić information content (AvgIpc) is 2.68. The minimum atomic E-state index is 0.382. The molecule has 3 atom stereocenters. The largest absolute Gasteiger partial charge is 0.373 e. The molecule has 2 aliphatic rings. The predicted molar refractivity (Wildman–Crippen MR) is 46.2 cm³/mol. The second-order valence-corrected chi connectivity index (χ2v) is 3.93. The molecule has 0 bridgehead atoms. The van der Waals surface area contributed by atoms with Crippen molar-refractivity contribution in [3.05, 3.63) is 0 Å². The number of hydrogen-bond acceptors (Lipinski definition) is 3. The molecule has 0 N–H and O–H groups in total. The second kappa shape index (κ2) is 3.32. The van der Waals surface area contributed by atoms with Crippen LogP contribution in [0.25, 0.3) is 0 Å². The highest BCUT2D eigenvalue weighted by Gasteiger charge is 2.29. The molecule has 12 heavy (non-hydrogen) atoms. The molecule has 0 aromatic heterocycles. The number of ether oxygens (including phenoxy) is 2. The van der Waals surface area contributed by atoms with Crippen LogP contribution in [0.3, 0.4) is 0 Å². The molecule has 2 fully saturated rings. The van der Waals surface area contributed by atoms with Gasteiger partial charge in [-0.1, -0.05) is 0 Å². The maximum absolute atomic E-state index is 5.64. The summed E-state index contributed by atoms with van der Waals surface area (Å²) >= 11 is 0. The van der Waals surface area contributed by atoms with Crippen molar-refractivity contribution in [1.29, 1.82) is 0 Å². The van der Waals surface area contributed by atoms with Gasteiger partial charge in [0.1, 0.15) is 0 Å². The van der Waals surface area contributed by atoms with Crippen LogP contribution >= 0.6 is 0 Å². The summed E-state index contributed by atoms with van der Waals surface area (Å²) in [4.78, 5) is 2.44. The molecule has 3 heteroatoms. The van der Waals surface area contributed by atoms with Crippen LogP contribution in [0.2, 0.25) is 0 Å². The van der Waals surface area contributed by atoms with Crippen LogP contribution in [0.1, 0.15) is 13.8 Å². The van der Waals surface area contributed by atoms with Gasteiger partial charge in [0.05, 0.1) is 24.9 Å². The second-order valence-electron chi connectivity index (χ2n) is 3.93. The van der Waals surface area contributed by atoms with Gasteiger partial charge in [-0.15, -0.1) is 0 Å². The minimum Gasteiger partial charge on any atom is -0.373 e. The van der Waals surface area contributed by atoms with Gasteiger partial charge in [0.15, 0.2) is 0 Å². The number of nitrogens with zero attached hydrogens (tertiary/aromatic N) is 1. The van der Waals surface area contributed by atoms with Crippen LogP contribution in [-0.2, 0) is 9.47 Å². The highest BCUT2D eigenvalue weighted by molar-refractivity contribution is 4.79. The number of hydrogen-bond donors (Lipinski definition) is 0. The van der Waals surface area contributed by atoms with E-state index in [9.17, 15) is 0 Å². The molecule has 2 saturated heterocycles. The SMILES string of the molecule is C[C@@H]1CN(CC2CO2)C[C@H](C)O1. The van der Waals surface area contributed by atoms with E-state index in [1.54, 1.807) is 0 Å². The summed E-state index contributed by atoms with van der Waals surface area (Å²) in [6.45, 7) is 8.44. The third kappa shape index (κ3) is 2.19. The van der Waals surface area contributed by atoms with Gasteiger partial charge < -0.3 is 9.47 Å². The highest BCUT2D eigenvalue weighted by atomic mass is 16.6. The Labute approximate surface area is 73.6 Å². The van der Waals surface area contributed by atoms with E-state index in [1.165, 1.54) is 0 Å². The Morgan fingerprint density at radius 1 is 1.25 bits per heavy atom. The molecule has 0 amide bonds. The molecular formula is C9H17NO2. The van der Waals surface area contributed by atoms with Crippen molar-refractivity contribution in [2.45, 2.75) is 32.2 Å². The Bertz CT molecular complexity index is 146. The zero-order valence-electron chi connectivity index (χ0n) is 7.82. The topological polar surface area (TPSA) is 25.0 Å². The van der Waals surface area contributed by atoms with E-state index in [0.717, 1.165) is 26.2 Å². The monoisotopic (exact) mass is 171 g/mol. The quantitative estimate of drug-likeness (QED) is 0.565. The molecule has 0 aromatic carbocycles. The van der Waals surface area contributed by atoms with E-state index < -0.39 is 0 Å². The van der Waals surface area contributed by atoms with E-state index in [1.807, 2.05) is 0 Å². The lowest BCUT2D eigenvalue weighted by atomic mass is 10.2. The molecule has 0 spiro atoms. The Hall–Kier alpha value is -0.120. The first-order chi connectivity index (χ1) is 5.74. The number of morpholine rings is 1. The fourth-order valence-electron chi connectivity index (χ4n) is 1.89. The molecule has 0 aliphatic carbocycles. The first-order valence-corrected chi connectivity index (χ1v) is 4.73. The van der Waals surface area contributed by atoms with Crippen LogP contribution < -0.4 is 0 Å². The van der Waals surface area contributed by atoms with Crippen LogP contribution in [0.4, 0.5) is 0 Å². The Morgan fingerprint density at radius 3 is 2.33 bits per heavy atom. The smallest absolute Gasteiger partial charge is 0.0936 e. The molecule has 0 aromatic rings. The van der Waals surface area contributed by atoms with Gasteiger partial charge in [-0.25, -0.2) is 0 Å². The molecular weight excluding hydrogens is 154 g/mol. The summed E-state index contributed by atoms with van der Waals surface area (Å²) in [6, 6.07) is 0. The van der Waals surface area contributed by atoms with Gasteiger partial charge in [0.25, 0.3) is 0 Å². The van der Waals surface area contributed by atoms with E-state index in [2.05, 4.69) is 18.7 Å². The van der Waals surface area contributed by atoms with Gasteiger partial charge in [0, 0.05) is 19.6 Å². The van der Waals surface area contributed by atoms with Crippen molar-refractivity contribution in [2.24, 2.45) is 0 Å². The van der Waals surface area contributed by atoms with Crippen LogP contribution in [0, 0.1) is 0 Å². The van der Waals surface area contributed by atoms with E-state index >= 15 is 0 Å². The van der Waals surface area contributed by atoms with Gasteiger partial charge >= 0.3 is 0 Å². The number of epoxide rings is 1. The van der Waals surface area contributed by atoms with Gasteiger partial charge in [-0.2, -0.15) is 0 Å².